The maximum Gasteiger partial charge on any atom is 0.221 e. The molecule has 2 aromatic carbocycles. The van der Waals surface area contributed by atoms with Gasteiger partial charge in [-0.3, -0.25) is 0 Å². The van der Waals surface area contributed by atoms with E-state index in [1.165, 1.54) is 0 Å². The van der Waals surface area contributed by atoms with Crippen LogP contribution >= 0.6 is 0 Å². The van der Waals surface area contributed by atoms with Crippen molar-refractivity contribution in [3.8, 4) is 5.75 Å². The number of aryl methyl sites for hydroxylation is 2. The van der Waals surface area contributed by atoms with Crippen LogP contribution in [0.1, 0.15) is 22.4 Å². The number of nitrogen functional groups attached to an aromatic ring is 1. The summed E-state index contributed by atoms with van der Waals surface area (Å²) in [4.78, 5) is 4.12. The highest BCUT2D eigenvalue weighted by atomic mass is 16.5. The monoisotopic (exact) mass is 320 g/mol. The van der Waals surface area contributed by atoms with E-state index in [1.54, 1.807) is 17.1 Å². The van der Waals surface area contributed by atoms with E-state index in [0.717, 1.165) is 28.1 Å². The van der Waals surface area contributed by atoms with Crippen LogP contribution in [0.3, 0.4) is 0 Å². The summed E-state index contributed by atoms with van der Waals surface area (Å²) in [7, 11) is 0. The highest BCUT2D eigenvalue weighted by Gasteiger charge is 2.02. The summed E-state index contributed by atoms with van der Waals surface area (Å²) in [6, 6.07) is 16.1. The first kappa shape index (κ1) is 15.8. The summed E-state index contributed by atoms with van der Waals surface area (Å²) < 4.78 is 7.44. The molecule has 122 valence electrons. The molecule has 5 heteroatoms. The van der Waals surface area contributed by atoms with Crippen LogP contribution < -0.4 is 10.5 Å². The third kappa shape index (κ3) is 3.81. The number of imidazole rings is 1. The van der Waals surface area contributed by atoms with Gasteiger partial charge in [-0.15, -0.1) is 0 Å². The number of nitrogens with zero attached hydrogens (tertiary/aromatic N) is 3. The summed E-state index contributed by atoms with van der Waals surface area (Å²) in [5, 5.41) is 4.32. The summed E-state index contributed by atoms with van der Waals surface area (Å²) in [6.07, 6.45) is 3.54. The van der Waals surface area contributed by atoms with Crippen LogP contribution in [0.4, 0.5) is 5.95 Å². The maximum absolute atomic E-state index is 5.88. The van der Waals surface area contributed by atoms with Crippen molar-refractivity contribution < 1.29 is 4.74 Å². The standard InChI is InChI=1S/C19H20N4O/c1-14-10-17(11-21-23-12-15(2)22-19(23)20)8-9-18(14)24-13-16-6-4-3-5-7-16/h3-12H,13H2,1-2H3,(H2,20,22). The molecule has 0 bridgehead atoms. The summed E-state index contributed by atoms with van der Waals surface area (Å²) >= 11 is 0. The smallest absolute Gasteiger partial charge is 0.221 e. The second-order valence-electron chi connectivity index (χ2n) is 5.63. The molecule has 24 heavy (non-hydrogen) atoms. The predicted octanol–water partition coefficient (Wildman–Crippen LogP) is 3.54. The molecular formula is C19H20N4O. The minimum atomic E-state index is 0.378. The molecule has 5 nitrogen and oxygen atoms in total. The molecule has 0 unspecified atom stereocenters. The van der Waals surface area contributed by atoms with Gasteiger partial charge in [0.1, 0.15) is 12.4 Å². The van der Waals surface area contributed by atoms with Crippen molar-refractivity contribution >= 4 is 12.2 Å². The van der Waals surface area contributed by atoms with Crippen molar-refractivity contribution in [3.63, 3.8) is 0 Å². The van der Waals surface area contributed by atoms with Gasteiger partial charge in [-0.1, -0.05) is 30.3 Å². The molecule has 0 saturated heterocycles. The van der Waals surface area contributed by atoms with Gasteiger partial charge in [-0.05, 0) is 48.7 Å². The highest BCUT2D eigenvalue weighted by Crippen LogP contribution is 2.20. The number of ether oxygens (including phenoxy) is 1. The third-order valence-electron chi connectivity index (χ3n) is 3.60. The quantitative estimate of drug-likeness (QED) is 0.731. The Labute approximate surface area is 141 Å². The first-order valence-corrected chi connectivity index (χ1v) is 7.75. The van der Waals surface area contributed by atoms with Crippen LogP contribution in [0.5, 0.6) is 5.75 Å². The van der Waals surface area contributed by atoms with Crippen molar-refractivity contribution in [2.24, 2.45) is 5.10 Å². The third-order valence-corrected chi connectivity index (χ3v) is 3.60. The zero-order valence-corrected chi connectivity index (χ0v) is 13.8. The maximum atomic E-state index is 5.88. The molecule has 0 aliphatic rings. The fraction of sp³-hybridized carbons (Fsp3) is 0.158. The van der Waals surface area contributed by atoms with Crippen LogP contribution in [0.15, 0.2) is 59.8 Å². The van der Waals surface area contributed by atoms with Crippen LogP contribution in [0, 0.1) is 13.8 Å². The molecule has 0 radical (unpaired) electrons. The lowest BCUT2D eigenvalue weighted by molar-refractivity contribution is 0.304. The first-order chi connectivity index (χ1) is 11.6. The fourth-order valence-electron chi connectivity index (χ4n) is 2.38. The molecule has 2 N–H and O–H groups in total. The number of anilines is 1. The van der Waals surface area contributed by atoms with E-state index in [1.807, 2.05) is 62.4 Å². The van der Waals surface area contributed by atoms with Crippen LogP contribution in [-0.2, 0) is 6.61 Å². The largest absolute Gasteiger partial charge is 0.489 e. The second kappa shape index (κ2) is 7.00. The summed E-state index contributed by atoms with van der Waals surface area (Å²) in [6.45, 7) is 4.46. The number of hydrogen-bond donors (Lipinski definition) is 1. The average molecular weight is 320 g/mol. The SMILES string of the molecule is Cc1cn(N=Cc2ccc(OCc3ccccc3)c(C)c2)c(N)n1. The van der Waals surface area contributed by atoms with Gasteiger partial charge in [0.2, 0.25) is 5.95 Å². The average Bonchev–Trinajstić information content (AvgIpc) is 2.90. The Hall–Kier alpha value is -3.08. The van der Waals surface area contributed by atoms with Crippen molar-refractivity contribution in [2.45, 2.75) is 20.5 Å². The zero-order chi connectivity index (χ0) is 16.9. The Bertz CT molecular complexity index is 853. The van der Waals surface area contributed by atoms with Gasteiger partial charge in [-0.25, -0.2) is 9.66 Å². The van der Waals surface area contributed by atoms with Crippen molar-refractivity contribution in [2.75, 3.05) is 5.73 Å². The normalized spacial score (nSPS) is 11.1. The number of nitrogens with two attached hydrogens (primary N) is 1. The minimum absolute atomic E-state index is 0.378. The Balaban J connectivity index is 1.69. The Morgan fingerprint density at radius 2 is 1.96 bits per heavy atom. The Morgan fingerprint density at radius 1 is 1.17 bits per heavy atom. The summed E-state index contributed by atoms with van der Waals surface area (Å²) in [5.74, 6) is 1.25. The molecule has 1 aromatic heterocycles. The van der Waals surface area contributed by atoms with Crippen molar-refractivity contribution in [3.05, 3.63) is 77.1 Å². The van der Waals surface area contributed by atoms with E-state index >= 15 is 0 Å². The molecule has 0 spiro atoms. The molecular weight excluding hydrogens is 300 g/mol. The first-order valence-electron chi connectivity index (χ1n) is 7.75. The number of hydrogen-bond acceptors (Lipinski definition) is 4. The van der Waals surface area contributed by atoms with Crippen molar-refractivity contribution in [1.82, 2.24) is 9.66 Å². The molecule has 3 rings (SSSR count). The molecule has 0 fully saturated rings. The molecule has 3 aromatic rings. The number of benzene rings is 2. The Morgan fingerprint density at radius 3 is 2.62 bits per heavy atom. The van der Waals surface area contributed by atoms with Gasteiger partial charge in [-0.2, -0.15) is 5.10 Å². The summed E-state index contributed by atoms with van der Waals surface area (Å²) in [5.41, 5.74) is 9.79. The van der Waals surface area contributed by atoms with E-state index in [-0.39, 0.29) is 0 Å². The molecule has 0 aliphatic carbocycles. The molecule has 0 amide bonds. The number of aromatic nitrogens is 2. The van der Waals surface area contributed by atoms with Gasteiger partial charge in [0.15, 0.2) is 0 Å². The van der Waals surface area contributed by atoms with E-state index in [0.29, 0.717) is 12.6 Å². The number of rotatable bonds is 5. The zero-order valence-electron chi connectivity index (χ0n) is 13.8. The van der Waals surface area contributed by atoms with Crippen molar-refractivity contribution in [1.29, 1.82) is 0 Å². The lowest BCUT2D eigenvalue weighted by Crippen LogP contribution is -1.98. The molecule has 1 heterocycles. The second-order valence-corrected chi connectivity index (χ2v) is 5.63. The van der Waals surface area contributed by atoms with E-state index in [9.17, 15) is 0 Å². The fourth-order valence-corrected chi connectivity index (χ4v) is 2.38. The molecule has 0 atom stereocenters. The van der Waals surface area contributed by atoms with Gasteiger partial charge in [0.05, 0.1) is 18.1 Å². The minimum Gasteiger partial charge on any atom is -0.489 e. The van der Waals surface area contributed by atoms with Crippen LogP contribution in [-0.4, -0.2) is 15.9 Å². The van der Waals surface area contributed by atoms with Gasteiger partial charge >= 0.3 is 0 Å². The van der Waals surface area contributed by atoms with E-state index in [4.69, 9.17) is 10.5 Å². The van der Waals surface area contributed by atoms with Gasteiger partial charge < -0.3 is 10.5 Å². The highest BCUT2D eigenvalue weighted by molar-refractivity contribution is 5.80. The van der Waals surface area contributed by atoms with Crippen LogP contribution in [0.2, 0.25) is 0 Å². The lowest BCUT2D eigenvalue weighted by atomic mass is 10.1. The predicted molar refractivity (Wildman–Crippen MR) is 96.3 cm³/mol. The lowest BCUT2D eigenvalue weighted by Gasteiger charge is -2.09. The molecule has 0 saturated carbocycles. The van der Waals surface area contributed by atoms with Gasteiger partial charge in [0.25, 0.3) is 0 Å². The Kier molecular flexibility index (Phi) is 4.61. The van der Waals surface area contributed by atoms with Crippen LogP contribution in [0.25, 0.3) is 0 Å². The van der Waals surface area contributed by atoms with Gasteiger partial charge in [0, 0.05) is 0 Å². The molecule has 0 aliphatic heterocycles. The van der Waals surface area contributed by atoms with E-state index < -0.39 is 0 Å². The topological polar surface area (TPSA) is 65.4 Å². The van der Waals surface area contributed by atoms with E-state index in [2.05, 4.69) is 10.1 Å².